The molecule has 3 nitrogen and oxygen atoms in total. The molecule has 136 valence electrons. The van der Waals surface area contributed by atoms with Gasteiger partial charge in [-0.3, -0.25) is 10.3 Å². The number of halogens is 2. The molecular weight excluding hydrogens is 468 g/mol. The molecule has 0 radical (unpaired) electrons. The fraction of sp³-hybridized carbons (Fsp3) is 0.136. The molecule has 0 unspecified atom stereocenters. The Balaban J connectivity index is 1.75. The molecule has 3 aromatic rings. The Morgan fingerprint density at radius 2 is 1.48 bits per heavy atom. The molecule has 0 saturated heterocycles. The largest absolute Gasteiger partial charge is 0.508 e. The minimum absolute atomic E-state index is 0.0176. The quantitative estimate of drug-likeness (QED) is 0.468. The lowest BCUT2D eigenvalue weighted by atomic mass is 9.93. The van der Waals surface area contributed by atoms with Gasteiger partial charge in [-0.15, -0.1) is 0 Å². The van der Waals surface area contributed by atoms with Crippen LogP contribution in [0.1, 0.15) is 35.3 Å². The van der Waals surface area contributed by atoms with E-state index in [-0.39, 0.29) is 12.2 Å². The van der Waals surface area contributed by atoms with Crippen LogP contribution < -0.4 is 5.32 Å². The first-order chi connectivity index (χ1) is 13.1. The molecular formula is C22H18Br2N2O. The van der Waals surface area contributed by atoms with Crippen molar-refractivity contribution in [3.63, 3.8) is 0 Å². The van der Waals surface area contributed by atoms with Crippen LogP contribution in [0.4, 0.5) is 0 Å². The number of phenolic OH excluding ortho intramolecular Hbond substituents is 1. The standard InChI is InChI=1S/C22H18Br2N2O/c23-16-9-5-14(6-10-16)19-13-20(18-3-1-2-4-21(18)27)26-22(25-19)15-7-11-17(24)12-8-15/h1-12,20,22,26-27H,13H2/t20-,22-/m1/s1. The fourth-order valence-corrected chi connectivity index (χ4v) is 3.85. The van der Waals surface area contributed by atoms with Crippen molar-refractivity contribution in [3.8, 4) is 5.75 Å². The minimum atomic E-state index is -0.171. The minimum Gasteiger partial charge on any atom is -0.508 e. The predicted molar refractivity (Wildman–Crippen MR) is 116 cm³/mol. The molecule has 5 heteroatoms. The van der Waals surface area contributed by atoms with Crippen molar-refractivity contribution in [2.75, 3.05) is 0 Å². The number of hydrogen-bond acceptors (Lipinski definition) is 3. The lowest BCUT2D eigenvalue weighted by Crippen LogP contribution is -2.33. The average Bonchev–Trinajstić information content (AvgIpc) is 2.69. The lowest BCUT2D eigenvalue weighted by molar-refractivity contribution is 0.412. The number of nitrogens with one attached hydrogen (secondary N) is 1. The number of hydrogen-bond donors (Lipinski definition) is 2. The molecule has 4 rings (SSSR count). The summed E-state index contributed by atoms with van der Waals surface area (Å²) in [7, 11) is 0. The Morgan fingerprint density at radius 3 is 2.15 bits per heavy atom. The van der Waals surface area contributed by atoms with Gasteiger partial charge in [0.25, 0.3) is 0 Å². The number of phenols is 1. The van der Waals surface area contributed by atoms with Gasteiger partial charge >= 0.3 is 0 Å². The molecule has 1 heterocycles. The van der Waals surface area contributed by atoms with E-state index in [1.54, 1.807) is 6.07 Å². The first kappa shape index (κ1) is 18.4. The topological polar surface area (TPSA) is 44.6 Å². The summed E-state index contributed by atoms with van der Waals surface area (Å²) in [6.45, 7) is 0. The summed E-state index contributed by atoms with van der Waals surface area (Å²) in [5.41, 5.74) is 4.11. The molecule has 27 heavy (non-hydrogen) atoms. The summed E-state index contributed by atoms with van der Waals surface area (Å²) in [4.78, 5) is 4.98. The van der Waals surface area contributed by atoms with Crippen molar-refractivity contribution in [2.24, 2.45) is 4.99 Å². The molecule has 2 N–H and O–H groups in total. The van der Waals surface area contributed by atoms with Crippen molar-refractivity contribution in [2.45, 2.75) is 18.6 Å². The van der Waals surface area contributed by atoms with Crippen LogP contribution in [0.5, 0.6) is 5.75 Å². The molecule has 0 bridgehead atoms. The van der Waals surface area contributed by atoms with E-state index in [9.17, 15) is 5.11 Å². The van der Waals surface area contributed by atoms with E-state index in [0.717, 1.165) is 31.3 Å². The second kappa shape index (κ2) is 7.97. The number of aromatic hydroxyl groups is 1. The Labute approximate surface area is 175 Å². The molecule has 2 atom stereocenters. The molecule has 0 saturated carbocycles. The Morgan fingerprint density at radius 1 is 0.852 bits per heavy atom. The van der Waals surface area contributed by atoms with E-state index in [0.29, 0.717) is 12.2 Å². The highest BCUT2D eigenvalue weighted by Gasteiger charge is 2.27. The summed E-state index contributed by atoms with van der Waals surface area (Å²) < 4.78 is 2.08. The van der Waals surface area contributed by atoms with Crippen molar-refractivity contribution in [3.05, 3.63) is 98.4 Å². The molecule has 0 fully saturated rings. The fourth-order valence-electron chi connectivity index (χ4n) is 3.32. The second-order valence-electron chi connectivity index (χ2n) is 6.52. The number of nitrogens with zero attached hydrogens (tertiary/aromatic N) is 1. The highest BCUT2D eigenvalue weighted by Crippen LogP contribution is 2.34. The molecule has 3 aromatic carbocycles. The normalized spacial score (nSPS) is 19.6. The smallest absolute Gasteiger partial charge is 0.126 e. The third-order valence-corrected chi connectivity index (χ3v) is 5.77. The van der Waals surface area contributed by atoms with Crippen LogP contribution in [-0.4, -0.2) is 10.8 Å². The van der Waals surface area contributed by atoms with Crippen molar-refractivity contribution >= 4 is 37.6 Å². The maximum Gasteiger partial charge on any atom is 0.126 e. The maximum absolute atomic E-state index is 10.4. The van der Waals surface area contributed by atoms with Crippen molar-refractivity contribution in [1.29, 1.82) is 0 Å². The van der Waals surface area contributed by atoms with Crippen LogP contribution in [0.3, 0.4) is 0 Å². The van der Waals surface area contributed by atoms with Crippen LogP contribution >= 0.6 is 31.9 Å². The van der Waals surface area contributed by atoms with E-state index in [2.05, 4.69) is 61.4 Å². The summed E-state index contributed by atoms with van der Waals surface area (Å²) >= 11 is 6.98. The summed E-state index contributed by atoms with van der Waals surface area (Å²) in [6, 6.07) is 23.9. The van der Waals surface area contributed by atoms with E-state index in [1.807, 2.05) is 42.5 Å². The Kier molecular flexibility index (Phi) is 5.43. The summed E-state index contributed by atoms with van der Waals surface area (Å²) in [6.07, 6.45) is 0.543. The molecule has 1 aliphatic heterocycles. The zero-order valence-corrected chi connectivity index (χ0v) is 17.6. The van der Waals surface area contributed by atoms with Crippen LogP contribution in [-0.2, 0) is 0 Å². The van der Waals surface area contributed by atoms with E-state index >= 15 is 0 Å². The predicted octanol–water partition coefficient (Wildman–Crippen LogP) is 6.14. The third-order valence-electron chi connectivity index (χ3n) is 4.72. The summed E-state index contributed by atoms with van der Waals surface area (Å²) in [5.74, 6) is 0.307. The van der Waals surface area contributed by atoms with Gasteiger partial charge in [0, 0.05) is 32.7 Å². The first-order valence-electron chi connectivity index (χ1n) is 8.72. The Hall–Kier alpha value is -1.95. The highest BCUT2D eigenvalue weighted by atomic mass is 79.9. The van der Waals surface area contributed by atoms with Crippen LogP contribution in [0.15, 0.2) is 86.7 Å². The second-order valence-corrected chi connectivity index (χ2v) is 8.35. The van der Waals surface area contributed by atoms with Crippen molar-refractivity contribution < 1.29 is 5.11 Å². The average molecular weight is 486 g/mol. The van der Waals surface area contributed by atoms with Gasteiger partial charge in [-0.2, -0.15) is 0 Å². The van der Waals surface area contributed by atoms with Gasteiger partial charge in [-0.25, -0.2) is 0 Å². The number of rotatable bonds is 3. The van der Waals surface area contributed by atoms with Gasteiger partial charge in [0.15, 0.2) is 0 Å². The highest BCUT2D eigenvalue weighted by molar-refractivity contribution is 9.10. The maximum atomic E-state index is 10.4. The van der Waals surface area contributed by atoms with Gasteiger partial charge in [0.05, 0.1) is 0 Å². The molecule has 0 aliphatic carbocycles. The van der Waals surface area contributed by atoms with Crippen LogP contribution in [0.25, 0.3) is 0 Å². The first-order valence-corrected chi connectivity index (χ1v) is 10.3. The van der Waals surface area contributed by atoms with Gasteiger partial charge in [-0.1, -0.05) is 74.3 Å². The molecule has 0 aromatic heterocycles. The molecule has 0 spiro atoms. The third kappa shape index (κ3) is 4.15. The van der Waals surface area contributed by atoms with Gasteiger partial charge in [-0.05, 0) is 41.5 Å². The van der Waals surface area contributed by atoms with E-state index in [1.165, 1.54) is 0 Å². The van der Waals surface area contributed by atoms with Gasteiger partial charge < -0.3 is 5.11 Å². The van der Waals surface area contributed by atoms with Crippen molar-refractivity contribution in [1.82, 2.24) is 5.32 Å². The monoisotopic (exact) mass is 484 g/mol. The number of para-hydroxylation sites is 1. The van der Waals surface area contributed by atoms with E-state index in [4.69, 9.17) is 4.99 Å². The zero-order chi connectivity index (χ0) is 18.8. The molecule has 0 amide bonds. The van der Waals surface area contributed by atoms with E-state index < -0.39 is 0 Å². The van der Waals surface area contributed by atoms with Gasteiger partial charge in [0.1, 0.15) is 11.9 Å². The SMILES string of the molecule is Oc1ccccc1[C@H]1CC(c2ccc(Br)cc2)=N[C@@H](c2ccc(Br)cc2)N1. The van der Waals surface area contributed by atoms with Crippen LogP contribution in [0.2, 0.25) is 0 Å². The number of benzene rings is 3. The Bertz CT molecular complexity index is 968. The van der Waals surface area contributed by atoms with Gasteiger partial charge in [0.2, 0.25) is 0 Å². The lowest BCUT2D eigenvalue weighted by Gasteiger charge is -2.31. The van der Waals surface area contributed by atoms with Crippen LogP contribution in [0, 0.1) is 0 Å². The summed E-state index contributed by atoms with van der Waals surface area (Å²) in [5, 5.41) is 13.9. The number of aliphatic imine (C=N–C) groups is 1. The molecule has 1 aliphatic rings. The zero-order valence-electron chi connectivity index (χ0n) is 14.4.